The maximum absolute atomic E-state index is 11.8. The fourth-order valence-electron chi connectivity index (χ4n) is 2.76. The van der Waals surface area contributed by atoms with E-state index in [-0.39, 0.29) is 5.57 Å². The monoisotopic (exact) mass is 352 g/mol. The molecule has 0 fully saturated rings. The van der Waals surface area contributed by atoms with E-state index < -0.39 is 12.0 Å². The lowest BCUT2D eigenvalue weighted by Crippen LogP contribution is -2.46. The lowest BCUT2D eigenvalue weighted by Gasteiger charge is -2.37. The maximum Gasteiger partial charge on any atom is 0.335 e. The zero-order valence-electron chi connectivity index (χ0n) is 14.2. The number of likely N-dealkylation sites (N-methyl/N-ethyl adjacent to an activating group) is 1. The Labute approximate surface area is 145 Å². The normalized spacial score (nSPS) is 17.5. The van der Waals surface area contributed by atoms with Crippen molar-refractivity contribution in [2.45, 2.75) is 13.0 Å². The third-order valence-corrected chi connectivity index (χ3v) is 4.30. The van der Waals surface area contributed by atoms with Crippen LogP contribution in [0, 0.1) is 0 Å². The average molecular weight is 352 g/mol. The molecular formula is C16H20N2O5S. The van der Waals surface area contributed by atoms with Gasteiger partial charge in [-0.05, 0) is 36.8 Å². The molecule has 0 radical (unpaired) electrons. The van der Waals surface area contributed by atoms with Crippen LogP contribution in [0.2, 0.25) is 0 Å². The Morgan fingerprint density at radius 3 is 2.17 bits per heavy atom. The van der Waals surface area contributed by atoms with Crippen LogP contribution in [0.4, 0.5) is 0 Å². The standard InChI is InChI=1S/C16H20N2O5S/c1-8-12(15(19)20)13(18(2)16(24)17-8)9-6-10(21-3)14(23-5)11(7-9)22-4/h6-7,13H,1-5H3,(H,17,24)(H,19,20). The fourth-order valence-corrected chi connectivity index (χ4v) is 3.02. The van der Waals surface area contributed by atoms with Gasteiger partial charge in [-0.15, -0.1) is 0 Å². The van der Waals surface area contributed by atoms with Gasteiger partial charge in [0.1, 0.15) is 0 Å². The summed E-state index contributed by atoms with van der Waals surface area (Å²) in [6, 6.07) is 2.88. The van der Waals surface area contributed by atoms with E-state index in [1.165, 1.54) is 21.3 Å². The Morgan fingerprint density at radius 1 is 1.21 bits per heavy atom. The lowest BCUT2D eigenvalue weighted by atomic mass is 9.94. The van der Waals surface area contributed by atoms with Crippen LogP contribution in [-0.2, 0) is 4.79 Å². The number of allylic oxidation sites excluding steroid dienone is 1. The number of carbonyl (C=O) groups is 1. The molecule has 1 unspecified atom stereocenters. The molecule has 1 heterocycles. The number of thiocarbonyl (C=S) groups is 1. The van der Waals surface area contributed by atoms with Crippen molar-refractivity contribution in [2.24, 2.45) is 0 Å². The van der Waals surface area contributed by atoms with Crippen molar-refractivity contribution in [1.29, 1.82) is 0 Å². The number of nitrogens with zero attached hydrogens (tertiary/aromatic N) is 1. The van der Waals surface area contributed by atoms with Crippen LogP contribution in [0.1, 0.15) is 18.5 Å². The largest absolute Gasteiger partial charge is 0.493 e. The number of aliphatic carboxylic acids is 1. The molecule has 2 rings (SSSR count). The van der Waals surface area contributed by atoms with Gasteiger partial charge in [-0.1, -0.05) is 0 Å². The van der Waals surface area contributed by atoms with Gasteiger partial charge >= 0.3 is 5.97 Å². The molecule has 24 heavy (non-hydrogen) atoms. The second kappa shape index (κ2) is 6.96. The van der Waals surface area contributed by atoms with Gasteiger partial charge in [0.2, 0.25) is 5.75 Å². The van der Waals surface area contributed by atoms with Gasteiger partial charge in [0, 0.05) is 12.7 Å². The van der Waals surface area contributed by atoms with Crippen LogP contribution >= 0.6 is 12.2 Å². The molecule has 0 bridgehead atoms. The quantitative estimate of drug-likeness (QED) is 0.778. The number of benzene rings is 1. The molecule has 0 spiro atoms. The minimum atomic E-state index is -1.02. The molecule has 0 saturated carbocycles. The van der Waals surface area contributed by atoms with Crippen molar-refractivity contribution in [3.05, 3.63) is 29.0 Å². The van der Waals surface area contributed by atoms with E-state index in [0.717, 1.165) is 0 Å². The van der Waals surface area contributed by atoms with Crippen LogP contribution < -0.4 is 19.5 Å². The zero-order chi connectivity index (χ0) is 18.0. The summed E-state index contributed by atoms with van der Waals surface area (Å²) in [5.74, 6) is 0.327. The van der Waals surface area contributed by atoms with Gasteiger partial charge in [-0.2, -0.15) is 0 Å². The molecule has 8 heteroatoms. The van der Waals surface area contributed by atoms with Gasteiger partial charge in [-0.3, -0.25) is 0 Å². The van der Waals surface area contributed by atoms with Crippen LogP contribution in [-0.4, -0.2) is 49.5 Å². The van der Waals surface area contributed by atoms with E-state index in [9.17, 15) is 9.90 Å². The van der Waals surface area contributed by atoms with Gasteiger partial charge < -0.3 is 29.5 Å². The highest BCUT2D eigenvalue weighted by molar-refractivity contribution is 7.80. The molecule has 1 atom stereocenters. The van der Waals surface area contributed by atoms with Crippen molar-refractivity contribution in [1.82, 2.24) is 10.2 Å². The molecule has 2 N–H and O–H groups in total. The molecule has 1 aliphatic rings. The number of ether oxygens (including phenoxy) is 3. The maximum atomic E-state index is 11.8. The van der Waals surface area contributed by atoms with E-state index in [4.69, 9.17) is 26.4 Å². The third kappa shape index (κ3) is 2.96. The number of nitrogens with one attached hydrogen (secondary N) is 1. The molecule has 0 aliphatic carbocycles. The first kappa shape index (κ1) is 17.9. The highest BCUT2D eigenvalue weighted by Gasteiger charge is 2.35. The van der Waals surface area contributed by atoms with Crippen molar-refractivity contribution >= 4 is 23.3 Å². The second-order valence-electron chi connectivity index (χ2n) is 5.25. The minimum Gasteiger partial charge on any atom is -0.493 e. The van der Waals surface area contributed by atoms with Gasteiger partial charge in [0.05, 0.1) is 32.9 Å². The first-order valence-corrected chi connectivity index (χ1v) is 7.54. The molecule has 1 aromatic carbocycles. The van der Waals surface area contributed by atoms with Crippen LogP contribution in [0.15, 0.2) is 23.4 Å². The van der Waals surface area contributed by atoms with Crippen molar-refractivity contribution < 1.29 is 24.1 Å². The smallest absolute Gasteiger partial charge is 0.335 e. The number of carboxylic acid groups (broad SMARTS) is 1. The molecule has 0 amide bonds. The topological polar surface area (TPSA) is 80.3 Å². The van der Waals surface area contributed by atoms with Gasteiger partial charge in [-0.25, -0.2) is 4.79 Å². The van der Waals surface area contributed by atoms with Gasteiger partial charge in [0.15, 0.2) is 16.6 Å². The summed E-state index contributed by atoms with van der Waals surface area (Å²) in [6.45, 7) is 1.69. The highest BCUT2D eigenvalue weighted by Crippen LogP contribution is 2.43. The zero-order valence-corrected chi connectivity index (χ0v) is 15.0. The van der Waals surface area contributed by atoms with Crippen molar-refractivity contribution in [2.75, 3.05) is 28.4 Å². The van der Waals surface area contributed by atoms with Crippen LogP contribution in [0.25, 0.3) is 0 Å². The van der Waals surface area contributed by atoms with E-state index in [0.29, 0.717) is 33.6 Å². The summed E-state index contributed by atoms with van der Waals surface area (Å²) in [5, 5.41) is 13.0. The summed E-state index contributed by atoms with van der Waals surface area (Å²) in [4.78, 5) is 13.5. The third-order valence-electron chi connectivity index (χ3n) is 3.91. The first-order chi connectivity index (χ1) is 11.3. The van der Waals surface area contributed by atoms with E-state index >= 15 is 0 Å². The summed E-state index contributed by atoms with van der Waals surface area (Å²) in [5.41, 5.74) is 1.39. The van der Waals surface area contributed by atoms with E-state index in [1.54, 1.807) is 31.0 Å². The molecule has 0 aromatic heterocycles. The molecule has 130 valence electrons. The fraction of sp³-hybridized carbons (Fsp3) is 0.375. The predicted octanol–water partition coefficient (Wildman–Crippen LogP) is 1.93. The number of carboxylic acids is 1. The SMILES string of the molecule is COc1cc(C2C(C(=O)O)=C(C)NC(=S)N2C)cc(OC)c1OC. The first-order valence-electron chi connectivity index (χ1n) is 7.13. The number of rotatable bonds is 5. The second-order valence-corrected chi connectivity index (χ2v) is 5.63. The minimum absolute atomic E-state index is 0.209. The van der Waals surface area contributed by atoms with Gasteiger partial charge in [0.25, 0.3) is 0 Å². The molecule has 1 aliphatic heterocycles. The number of hydrogen-bond donors (Lipinski definition) is 2. The Morgan fingerprint density at radius 2 is 1.75 bits per heavy atom. The molecule has 1 aromatic rings. The van der Waals surface area contributed by atoms with Crippen LogP contribution in [0.3, 0.4) is 0 Å². The Kier molecular flexibility index (Phi) is 5.18. The highest BCUT2D eigenvalue weighted by atomic mass is 32.1. The molecule has 0 saturated heterocycles. The Balaban J connectivity index is 2.69. The Bertz CT molecular complexity index is 691. The number of methoxy groups -OCH3 is 3. The van der Waals surface area contributed by atoms with Crippen molar-refractivity contribution in [3.8, 4) is 17.2 Å². The summed E-state index contributed by atoms with van der Waals surface area (Å²) in [7, 11) is 6.27. The lowest BCUT2D eigenvalue weighted by molar-refractivity contribution is -0.133. The summed E-state index contributed by atoms with van der Waals surface area (Å²) < 4.78 is 16.0. The molecule has 7 nitrogen and oxygen atoms in total. The molecular weight excluding hydrogens is 332 g/mol. The van der Waals surface area contributed by atoms with Crippen molar-refractivity contribution in [3.63, 3.8) is 0 Å². The Hall–Kier alpha value is -2.48. The summed E-state index contributed by atoms with van der Waals surface area (Å²) >= 11 is 5.29. The van der Waals surface area contributed by atoms with Crippen LogP contribution in [0.5, 0.6) is 17.2 Å². The predicted molar refractivity (Wildman–Crippen MR) is 92.7 cm³/mol. The van der Waals surface area contributed by atoms with E-state index in [1.807, 2.05) is 0 Å². The van der Waals surface area contributed by atoms with E-state index in [2.05, 4.69) is 5.32 Å². The average Bonchev–Trinajstić information content (AvgIpc) is 2.55. The number of hydrogen-bond acceptors (Lipinski definition) is 5. The summed E-state index contributed by atoms with van der Waals surface area (Å²) in [6.07, 6.45) is 0.